The zero-order chi connectivity index (χ0) is 17.3. The van der Waals surface area contributed by atoms with E-state index in [0.29, 0.717) is 38.1 Å². The molecule has 2 fully saturated rings. The van der Waals surface area contributed by atoms with Gasteiger partial charge in [-0.05, 0) is 52.4 Å². The Balaban J connectivity index is 1.60. The van der Waals surface area contributed by atoms with Crippen molar-refractivity contribution < 1.29 is 17.9 Å². The molecule has 0 spiro atoms. The number of likely N-dealkylation sites (tertiary alicyclic amines) is 1. The van der Waals surface area contributed by atoms with Crippen LogP contribution in [0.2, 0.25) is 0 Å². The summed E-state index contributed by atoms with van der Waals surface area (Å²) in [5, 5.41) is 2.50. The first-order valence-electron chi connectivity index (χ1n) is 8.44. The molecule has 1 N–H and O–H groups in total. The fourth-order valence-electron chi connectivity index (χ4n) is 3.26. The second kappa shape index (κ2) is 6.97. The SMILES string of the molecule is CC(C)(C)OC1CC(CCNC(=O)N2CC[C@@H](S(C)(=O)=O)C2)C1. The van der Waals surface area contributed by atoms with E-state index in [0.717, 1.165) is 19.3 Å². The fraction of sp³-hybridized carbons (Fsp3) is 0.938. The molecule has 1 saturated heterocycles. The number of urea groups is 1. The Morgan fingerprint density at radius 3 is 2.48 bits per heavy atom. The van der Waals surface area contributed by atoms with Gasteiger partial charge in [0.1, 0.15) is 0 Å². The van der Waals surface area contributed by atoms with Crippen molar-refractivity contribution in [2.45, 2.75) is 63.4 Å². The van der Waals surface area contributed by atoms with Crippen LogP contribution >= 0.6 is 0 Å². The van der Waals surface area contributed by atoms with E-state index >= 15 is 0 Å². The minimum Gasteiger partial charge on any atom is -0.373 e. The predicted octanol–water partition coefficient (Wildman–Crippen LogP) is 1.80. The van der Waals surface area contributed by atoms with Crippen LogP contribution in [-0.2, 0) is 14.6 Å². The number of hydrogen-bond donors (Lipinski definition) is 1. The van der Waals surface area contributed by atoms with E-state index in [4.69, 9.17) is 4.74 Å². The van der Waals surface area contributed by atoms with Crippen molar-refractivity contribution in [1.82, 2.24) is 10.2 Å². The molecule has 6 nitrogen and oxygen atoms in total. The molecular formula is C16H30N2O4S. The van der Waals surface area contributed by atoms with Crippen LogP contribution in [-0.4, -0.2) is 62.2 Å². The number of nitrogens with zero attached hydrogens (tertiary/aromatic N) is 1. The second-order valence-electron chi connectivity index (χ2n) is 7.90. The summed E-state index contributed by atoms with van der Waals surface area (Å²) in [6, 6.07) is -0.141. The molecule has 23 heavy (non-hydrogen) atoms. The number of carbonyl (C=O) groups is 1. The quantitative estimate of drug-likeness (QED) is 0.823. The van der Waals surface area contributed by atoms with Gasteiger partial charge in [0.25, 0.3) is 0 Å². The van der Waals surface area contributed by atoms with Gasteiger partial charge >= 0.3 is 6.03 Å². The Hall–Kier alpha value is -0.820. The van der Waals surface area contributed by atoms with Crippen LogP contribution in [0.4, 0.5) is 4.79 Å². The van der Waals surface area contributed by atoms with Crippen molar-refractivity contribution in [3.8, 4) is 0 Å². The van der Waals surface area contributed by atoms with Gasteiger partial charge in [-0.3, -0.25) is 0 Å². The monoisotopic (exact) mass is 346 g/mol. The van der Waals surface area contributed by atoms with Gasteiger partial charge in [-0.1, -0.05) is 0 Å². The second-order valence-corrected chi connectivity index (χ2v) is 10.2. The van der Waals surface area contributed by atoms with Crippen molar-refractivity contribution in [2.24, 2.45) is 5.92 Å². The number of hydrogen-bond acceptors (Lipinski definition) is 4. The van der Waals surface area contributed by atoms with E-state index in [1.54, 1.807) is 4.90 Å². The average molecular weight is 346 g/mol. The Kier molecular flexibility index (Phi) is 5.61. The van der Waals surface area contributed by atoms with E-state index in [1.165, 1.54) is 6.26 Å². The number of ether oxygens (including phenoxy) is 1. The third kappa shape index (κ3) is 5.64. The third-order valence-electron chi connectivity index (χ3n) is 4.58. The molecule has 2 rings (SSSR count). The molecule has 0 aromatic rings. The van der Waals surface area contributed by atoms with Crippen LogP contribution in [0.25, 0.3) is 0 Å². The molecule has 1 aliphatic heterocycles. The van der Waals surface area contributed by atoms with Crippen molar-refractivity contribution >= 4 is 15.9 Å². The molecule has 0 aromatic carbocycles. The summed E-state index contributed by atoms with van der Waals surface area (Å²) in [4.78, 5) is 13.7. The summed E-state index contributed by atoms with van der Waals surface area (Å²) in [5.74, 6) is 0.616. The van der Waals surface area contributed by atoms with Gasteiger partial charge in [0.15, 0.2) is 9.84 Å². The Labute approximate surface area is 139 Å². The van der Waals surface area contributed by atoms with Crippen molar-refractivity contribution in [1.29, 1.82) is 0 Å². The van der Waals surface area contributed by atoms with E-state index in [2.05, 4.69) is 26.1 Å². The molecular weight excluding hydrogens is 316 g/mol. The molecule has 1 heterocycles. The summed E-state index contributed by atoms with van der Waals surface area (Å²) in [6.07, 6.45) is 5.22. The van der Waals surface area contributed by atoms with Gasteiger partial charge in [0.05, 0.1) is 17.0 Å². The maximum absolute atomic E-state index is 12.1. The lowest BCUT2D eigenvalue weighted by Crippen LogP contribution is -2.42. The third-order valence-corrected chi connectivity index (χ3v) is 6.17. The molecule has 1 atom stereocenters. The molecule has 0 unspecified atom stereocenters. The lowest BCUT2D eigenvalue weighted by Gasteiger charge is -2.39. The summed E-state index contributed by atoms with van der Waals surface area (Å²) in [6.45, 7) is 7.69. The largest absolute Gasteiger partial charge is 0.373 e. The first-order valence-corrected chi connectivity index (χ1v) is 10.4. The van der Waals surface area contributed by atoms with Crippen LogP contribution < -0.4 is 5.32 Å². The van der Waals surface area contributed by atoms with Crippen molar-refractivity contribution in [2.75, 3.05) is 25.9 Å². The van der Waals surface area contributed by atoms with Crippen LogP contribution in [0, 0.1) is 5.92 Å². The molecule has 2 aliphatic rings. The minimum absolute atomic E-state index is 0.0875. The van der Waals surface area contributed by atoms with Crippen LogP contribution in [0.1, 0.15) is 46.5 Å². The number of carbonyl (C=O) groups excluding carboxylic acids is 1. The van der Waals surface area contributed by atoms with E-state index in [9.17, 15) is 13.2 Å². The molecule has 2 amide bonds. The Morgan fingerprint density at radius 2 is 1.96 bits per heavy atom. The minimum atomic E-state index is -3.05. The fourth-order valence-corrected chi connectivity index (χ4v) is 4.25. The molecule has 134 valence electrons. The van der Waals surface area contributed by atoms with Gasteiger partial charge in [-0.25, -0.2) is 13.2 Å². The number of nitrogens with one attached hydrogen (secondary N) is 1. The van der Waals surface area contributed by atoms with Gasteiger partial charge in [0.2, 0.25) is 0 Å². The maximum atomic E-state index is 12.1. The van der Waals surface area contributed by atoms with Crippen molar-refractivity contribution in [3.63, 3.8) is 0 Å². The maximum Gasteiger partial charge on any atom is 0.317 e. The highest BCUT2D eigenvalue weighted by Gasteiger charge is 2.34. The van der Waals surface area contributed by atoms with E-state index in [1.807, 2.05) is 0 Å². The molecule has 7 heteroatoms. The molecule has 0 bridgehead atoms. The molecule has 1 aliphatic carbocycles. The van der Waals surface area contributed by atoms with E-state index < -0.39 is 15.1 Å². The highest BCUT2D eigenvalue weighted by Crippen LogP contribution is 2.34. The zero-order valence-electron chi connectivity index (χ0n) is 14.7. The standard InChI is InChI=1S/C16H30N2O4S/c1-16(2,3)22-13-9-12(10-13)5-7-17-15(19)18-8-6-14(11-18)23(4,20)21/h12-14H,5-11H2,1-4H3,(H,17,19)/t12?,13?,14-/m1/s1. The summed E-state index contributed by atoms with van der Waals surface area (Å²) in [7, 11) is -3.05. The summed E-state index contributed by atoms with van der Waals surface area (Å²) in [5.41, 5.74) is -0.0875. The predicted molar refractivity (Wildman–Crippen MR) is 90.2 cm³/mol. The topological polar surface area (TPSA) is 75.7 Å². The summed E-state index contributed by atoms with van der Waals surface area (Å²) < 4.78 is 28.9. The lowest BCUT2D eigenvalue weighted by molar-refractivity contribution is -0.112. The zero-order valence-corrected chi connectivity index (χ0v) is 15.5. The van der Waals surface area contributed by atoms with Crippen LogP contribution in [0.5, 0.6) is 0 Å². The number of amides is 2. The average Bonchev–Trinajstić information content (AvgIpc) is 2.83. The lowest BCUT2D eigenvalue weighted by atomic mass is 9.79. The molecule has 1 saturated carbocycles. The highest BCUT2D eigenvalue weighted by molar-refractivity contribution is 7.91. The highest BCUT2D eigenvalue weighted by atomic mass is 32.2. The summed E-state index contributed by atoms with van der Waals surface area (Å²) >= 11 is 0. The van der Waals surface area contributed by atoms with E-state index in [-0.39, 0.29) is 11.6 Å². The van der Waals surface area contributed by atoms with Gasteiger partial charge in [0, 0.05) is 25.9 Å². The Morgan fingerprint density at radius 1 is 1.30 bits per heavy atom. The smallest absolute Gasteiger partial charge is 0.317 e. The number of sulfone groups is 1. The van der Waals surface area contributed by atoms with Crippen LogP contribution in [0.15, 0.2) is 0 Å². The first-order chi connectivity index (χ1) is 10.5. The number of rotatable bonds is 5. The van der Waals surface area contributed by atoms with Gasteiger partial charge < -0.3 is 15.0 Å². The van der Waals surface area contributed by atoms with Gasteiger partial charge in [-0.2, -0.15) is 0 Å². The molecule has 0 radical (unpaired) electrons. The van der Waals surface area contributed by atoms with Crippen LogP contribution in [0.3, 0.4) is 0 Å². The normalized spacial score (nSPS) is 28.5. The Bertz CT molecular complexity index is 521. The van der Waals surface area contributed by atoms with Gasteiger partial charge in [-0.15, -0.1) is 0 Å². The first kappa shape index (κ1) is 18.5. The molecule has 0 aromatic heterocycles. The van der Waals surface area contributed by atoms with Crippen molar-refractivity contribution in [3.05, 3.63) is 0 Å².